The molecule has 2 aliphatic heterocycles. The van der Waals surface area contributed by atoms with Crippen molar-refractivity contribution in [2.75, 3.05) is 31.2 Å². The van der Waals surface area contributed by atoms with Crippen molar-refractivity contribution < 1.29 is 9.47 Å². The van der Waals surface area contributed by atoms with Crippen molar-refractivity contribution >= 4 is 5.82 Å². The van der Waals surface area contributed by atoms with E-state index in [9.17, 15) is 0 Å². The average Bonchev–Trinajstić information content (AvgIpc) is 3.19. The Morgan fingerprint density at radius 2 is 2.09 bits per heavy atom. The zero-order valence-electron chi connectivity index (χ0n) is 13.2. The van der Waals surface area contributed by atoms with Crippen LogP contribution < -0.4 is 9.64 Å². The molecule has 3 aliphatic rings. The van der Waals surface area contributed by atoms with Gasteiger partial charge in [-0.3, -0.25) is 4.98 Å². The van der Waals surface area contributed by atoms with E-state index in [1.54, 1.807) is 6.20 Å². The fourth-order valence-electron chi connectivity index (χ4n) is 4.00. The van der Waals surface area contributed by atoms with Gasteiger partial charge in [0.25, 0.3) is 0 Å². The zero-order chi connectivity index (χ0) is 14.8. The molecule has 1 atom stereocenters. The molecule has 1 aromatic heterocycles. The van der Waals surface area contributed by atoms with Crippen molar-refractivity contribution in [1.29, 1.82) is 0 Å². The van der Waals surface area contributed by atoms with Gasteiger partial charge in [0.15, 0.2) is 5.82 Å². The largest absolute Gasteiger partial charge is 0.473 e. The Morgan fingerprint density at radius 1 is 1.18 bits per heavy atom. The number of hydrogen-bond donors (Lipinski definition) is 0. The summed E-state index contributed by atoms with van der Waals surface area (Å²) in [6.07, 6.45) is 12.5. The molecule has 1 unspecified atom stereocenters. The standard InChI is InChI=1S/C17H25N3O2/c1-2-4-14(5-3-1)22-16-11-18-10-15(19-16)20-8-6-17(12-20)7-9-21-13-17/h10-11,14H,1-9,12-13H2. The molecular formula is C17H25N3O2. The third-order valence-corrected chi connectivity index (χ3v) is 5.39. The summed E-state index contributed by atoms with van der Waals surface area (Å²) in [6.45, 7) is 3.89. The molecule has 1 aliphatic carbocycles. The second-order valence-corrected chi connectivity index (χ2v) is 7.07. The molecule has 2 saturated heterocycles. The summed E-state index contributed by atoms with van der Waals surface area (Å²) >= 11 is 0. The highest BCUT2D eigenvalue weighted by Crippen LogP contribution is 2.39. The maximum atomic E-state index is 6.05. The normalized spacial score (nSPS) is 29.4. The Kier molecular flexibility index (Phi) is 3.90. The van der Waals surface area contributed by atoms with E-state index in [-0.39, 0.29) is 0 Å². The maximum absolute atomic E-state index is 6.05. The highest BCUT2D eigenvalue weighted by molar-refractivity contribution is 5.40. The topological polar surface area (TPSA) is 47.5 Å². The van der Waals surface area contributed by atoms with Crippen molar-refractivity contribution in [2.45, 2.75) is 51.0 Å². The van der Waals surface area contributed by atoms with E-state index in [0.29, 0.717) is 17.4 Å². The lowest BCUT2D eigenvalue weighted by Crippen LogP contribution is -2.28. The highest BCUT2D eigenvalue weighted by Gasteiger charge is 2.41. The van der Waals surface area contributed by atoms with Crippen molar-refractivity contribution in [1.82, 2.24) is 9.97 Å². The van der Waals surface area contributed by atoms with Crippen LogP contribution in [0, 0.1) is 5.41 Å². The van der Waals surface area contributed by atoms with Crippen molar-refractivity contribution in [3.63, 3.8) is 0 Å². The molecule has 4 rings (SSSR count). The van der Waals surface area contributed by atoms with E-state index in [2.05, 4.69) is 9.88 Å². The van der Waals surface area contributed by atoms with E-state index in [1.165, 1.54) is 32.1 Å². The van der Waals surface area contributed by atoms with Gasteiger partial charge in [-0.25, -0.2) is 0 Å². The van der Waals surface area contributed by atoms with Gasteiger partial charge in [-0.2, -0.15) is 4.98 Å². The van der Waals surface area contributed by atoms with Gasteiger partial charge in [-0.1, -0.05) is 6.42 Å². The average molecular weight is 303 g/mol. The van der Waals surface area contributed by atoms with Crippen LogP contribution in [0.4, 0.5) is 5.82 Å². The summed E-state index contributed by atoms with van der Waals surface area (Å²) in [4.78, 5) is 11.4. The quantitative estimate of drug-likeness (QED) is 0.859. The second kappa shape index (κ2) is 6.03. The van der Waals surface area contributed by atoms with E-state index in [4.69, 9.17) is 14.5 Å². The molecule has 1 spiro atoms. The SMILES string of the molecule is c1ncc(N2CCC3(CCOC3)C2)nc1OC1CCCCC1. The summed E-state index contributed by atoms with van der Waals surface area (Å²) in [7, 11) is 0. The molecule has 1 aromatic rings. The second-order valence-electron chi connectivity index (χ2n) is 7.07. The molecular weight excluding hydrogens is 278 g/mol. The minimum absolute atomic E-state index is 0.325. The molecule has 5 heteroatoms. The predicted molar refractivity (Wildman–Crippen MR) is 84.2 cm³/mol. The van der Waals surface area contributed by atoms with Crippen molar-refractivity contribution in [3.8, 4) is 5.88 Å². The fourth-order valence-corrected chi connectivity index (χ4v) is 4.00. The van der Waals surface area contributed by atoms with Gasteiger partial charge in [0.1, 0.15) is 6.10 Å². The number of aromatic nitrogens is 2. The summed E-state index contributed by atoms with van der Waals surface area (Å²) < 4.78 is 11.7. The van der Waals surface area contributed by atoms with Gasteiger partial charge in [0.05, 0.1) is 19.0 Å². The van der Waals surface area contributed by atoms with Crippen LogP contribution >= 0.6 is 0 Å². The number of nitrogens with zero attached hydrogens (tertiary/aromatic N) is 3. The molecule has 0 amide bonds. The highest BCUT2D eigenvalue weighted by atomic mass is 16.5. The molecule has 0 bridgehead atoms. The lowest BCUT2D eigenvalue weighted by Gasteiger charge is -2.24. The minimum atomic E-state index is 0.325. The van der Waals surface area contributed by atoms with Gasteiger partial charge in [-0.05, 0) is 38.5 Å². The van der Waals surface area contributed by atoms with Crippen molar-refractivity contribution in [3.05, 3.63) is 12.4 Å². The Hall–Kier alpha value is -1.36. The number of anilines is 1. The molecule has 3 fully saturated rings. The van der Waals surface area contributed by atoms with E-state index in [1.807, 2.05) is 6.20 Å². The van der Waals surface area contributed by atoms with Gasteiger partial charge in [0, 0.05) is 25.1 Å². The molecule has 1 saturated carbocycles. The first-order valence-electron chi connectivity index (χ1n) is 8.64. The zero-order valence-corrected chi connectivity index (χ0v) is 13.2. The minimum Gasteiger partial charge on any atom is -0.473 e. The first-order chi connectivity index (χ1) is 10.8. The van der Waals surface area contributed by atoms with E-state index in [0.717, 1.165) is 45.0 Å². The molecule has 3 heterocycles. The predicted octanol–water partition coefficient (Wildman–Crippen LogP) is 2.80. The Morgan fingerprint density at radius 3 is 2.91 bits per heavy atom. The van der Waals surface area contributed by atoms with Crippen LogP contribution in [-0.2, 0) is 4.74 Å². The molecule has 0 aromatic carbocycles. The Balaban J connectivity index is 1.43. The Bertz CT molecular complexity index is 510. The molecule has 120 valence electrons. The van der Waals surface area contributed by atoms with Gasteiger partial charge >= 0.3 is 0 Å². The van der Waals surface area contributed by atoms with E-state index >= 15 is 0 Å². The number of rotatable bonds is 3. The van der Waals surface area contributed by atoms with E-state index < -0.39 is 0 Å². The van der Waals surface area contributed by atoms with Crippen LogP contribution in [0.2, 0.25) is 0 Å². The van der Waals surface area contributed by atoms with Crippen LogP contribution in [0.5, 0.6) is 5.88 Å². The van der Waals surface area contributed by atoms with Crippen LogP contribution in [0.15, 0.2) is 12.4 Å². The monoisotopic (exact) mass is 303 g/mol. The first kappa shape index (κ1) is 14.2. The van der Waals surface area contributed by atoms with Gasteiger partial charge < -0.3 is 14.4 Å². The fraction of sp³-hybridized carbons (Fsp3) is 0.765. The Labute approximate surface area is 132 Å². The summed E-state index contributed by atoms with van der Waals surface area (Å²) in [5, 5.41) is 0. The summed E-state index contributed by atoms with van der Waals surface area (Å²) in [6, 6.07) is 0. The molecule has 22 heavy (non-hydrogen) atoms. The molecule has 0 N–H and O–H groups in total. The molecule has 0 radical (unpaired) electrons. The van der Waals surface area contributed by atoms with Crippen LogP contribution in [-0.4, -0.2) is 42.4 Å². The number of hydrogen-bond acceptors (Lipinski definition) is 5. The van der Waals surface area contributed by atoms with Crippen molar-refractivity contribution in [2.24, 2.45) is 5.41 Å². The molecule has 5 nitrogen and oxygen atoms in total. The number of ether oxygens (including phenoxy) is 2. The maximum Gasteiger partial charge on any atom is 0.234 e. The van der Waals surface area contributed by atoms with Crippen LogP contribution in [0.25, 0.3) is 0 Å². The summed E-state index contributed by atoms with van der Waals surface area (Å²) in [5.74, 6) is 1.64. The smallest absolute Gasteiger partial charge is 0.234 e. The third kappa shape index (κ3) is 2.91. The first-order valence-corrected chi connectivity index (χ1v) is 8.64. The summed E-state index contributed by atoms with van der Waals surface area (Å²) in [5.41, 5.74) is 0.349. The van der Waals surface area contributed by atoms with Gasteiger partial charge in [0.2, 0.25) is 5.88 Å². The van der Waals surface area contributed by atoms with Crippen LogP contribution in [0.1, 0.15) is 44.9 Å². The third-order valence-electron chi connectivity index (χ3n) is 5.39. The lowest BCUT2D eigenvalue weighted by molar-refractivity contribution is 0.148. The van der Waals surface area contributed by atoms with Gasteiger partial charge in [-0.15, -0.1) is 0 Å². The van der Waals surface area contributed by atoms with Crippen LogP contribution in [0.3, 0.4) is 0 Å². The lowest BCUT2D eigenvalue weighted by atomic mass is 9.87.